The van der Waals surface area contributed by atoms with E-state index in [1.807, 2.05) is 0 Å². The number of ether oxygens (including phenoxy) is 2. The molecule has 0 bridgehead atoms. The van der Waals surface area contributed by atoms with E-state index in [0.717, 1.165) is 13.0 Å². The molecule has 104 valence electrons. The second kappa shape index (κ2) is 4.26. The molecule has 0 radical (unpaired) electrons. The van der Waals surface area contributed by atoms with E-state index in [0.29, 0.717) is 13.0 Å². The smallest absolute Gasteiger partial charge is 0.207 e. The van der Waals surface area contributed by atoms with Crippen molar-refractivity contribution in [2.45, 2.75) is 18.4 Å². The molecule has 2 aliphatic heterocycles. The molecular weight excluding hydrogens is 266 g/mol. The van der Waals surface area contributed by atoms with Crippen molar-refractivity contribution in [1.29, 1.82) is 0 Å². The molecule has 0 aromatic heterocycles. The molecule has 1 N–H and O–H groups in total. The minimum absolute atomic E-state index is 0.0333. The van der Waals surface area contributed by atoms with Crippen molar-refractivity contribution in [1.82, 2.24) is 5.32 Å². The van der Waals surface area contributed by atoms with E-state index in [1.54, 1.807) is 0 Å². The third-order valence-electron chi connectivity index (χ3n) is 3.41. The highest BCUT2D eigenvalue weighted by molar-refractivity contribution is 5.45. The van der Waals surface area contributed by atoms with Crippen molar-refractivity contribution in [3.05, 3.63) is 23.3 Å². The van der Waals surface area contributed by atoms with Crippen molar-refractivity contribution >= 4 is 0 Å². The standard InChI is InChI=1S/C12H11F4NO2/c13-6-7(14)9(16)11-10(8(6)15)18-5-12(19-11)2-1-3-17-4-12/h17H,1-5H2. The van der Waals surface area contributed by atoms with Crippen molar-refractivity contribution in [2.24, 2.45) is 0 Å². The molecule has 3 nitrogen and oxygen atoms in total. The summed E-state index contributed by atoms with van der Waals surface area (Å²) in [5.41, 5.74) is -0.858. The highest BCUT2D eigenvalue weighted by Crippen LogP contribution is 2.43. The van der Waals surface area contributed by atoms with Gasteiger partial charge < -0.3 is 14.8 Å². The third-order valence-corrected chi connectivity index (χ3v) is 3.41. The topological polar surface area (TPSA) is 30.5 Å². The minimum Gasteiger partial charge on any atom is -0.482 e. The van der Waals surface area contributed by atoms with Crippen LogP contribution in [-0.4, -0.2) is 25.3 Å². The van der Waals surface area contributed by atoms with Gasteiger partial charge in [-0.3, -0.25) is 0 Å². The Labute approximate surface area is 106 Å². The van der Waals surface area contributed by atoms with Gasteiger partial charge in [0, 0.05) is 6.54 Å². The van der Waals surface area contributed by atoms with Gasteiger partial charge in [-0.15, -0.1) is 0 Å². The second-order valence-corrected chi connectivity index (χ2v) is 4.77. The van der Waals surface area contributed by atoms with Crippen LogP contribution < -0.4 is 14.8 Å². The number of rotatable bonds is 0. The fourth-order valence-electron chi connectivity index (χ4n) is 2.41. The summed E-state index contributed by atoms with van der Waals surface area (Å²) in [4.78, 5) is 0. The van der Waals surface area contributed by atoms with Crippen LogP contribution in [0.25, 0.3) is 0 Å². The first-order chi connectivity index (χ1) is 9.04. The Morgan fingerprint density at radius 3 is 2.26 bits per heavy atom. The van der Waals surface area contributed by atoms with Gasteiger partial charge in [-0.2, -0.15) is 8.78 Å². The molecule has 2 aliphatic rings. The summed E-state index contributed by atoms with van der Waals surface area (Å²) in [5, 5.41) is 3.05. The third kappa shape index (κ3) is 1.83. The number of piperidine rings is 1. The summed E-state index contributed by atoms with van der Waals surface area (Å²) in [7, 11) is 0. The average molecular weight is 277 g/mol. The molecule has 1 unspecified atom stereocenters. The Balaban J connectivity index is 2.05. The van der Waals surface area contributed by atoms with E-state index >= 15 is 0 Å². The largest absolute Gasteiger partial charge is 0.482 e. The number of nitrogens with one attached hydrogen (secondary N) is 1. The first-order valence-electron chi connectivity index (χ1n) is 5.92. The lowest BCUT2D eigenvalue weighted by molar-refractivity contribution is -0.0318. The zero-order valence-electron chi connectivity index (χ0n) is 9.86. The highest BCUT2D eigenvalue weighted by atomic mass is 19.2. The molecule has 19 heavy (non-hydrogen) atoms. The van der Waals surface area contributed by atoms with Crippen molar-refractivity contribution in [2.75, 3.05) is 19.7 Å². The first kappa shape index (κ1) is 12.5. The monoisotopic (exact) mass is 277 g/mol. The van der Waals surface area contributed by atoms with Gasteiger partial charge in [0.25, 0.3) is 0 Å². The maximum atomic E-state index is 13.7. The van der Waals surface area contributed by atoms with E-state index in [4.69, 9.17) is 9.47 Å². The quantitative estimate of drug-likeness (QED) is 0.448. The van der Waals surface area contributed by atoms with Gasteiger partial charge in [-0.1, -0.05) is 0 Å². The number of hydrogen-bond acceptors (Lipinski definition) is 3. The Kier molecular flexibility index (Phi) is 2.81. The molecule has 0 saturated carbocycles. The Morgan fingerprint density at radius 1 is 0.947 bits per heavy atom. The van der Waals surface area contributed by atoms with E-state index in [1.165, 1.54) is 0 Å². The van der Waals surface area contributed by atoms with Gasteiger partial charge in [-0.25, -0.2) is 8.78 Å². The maximum absolute atomic E-state index is 13.7. The van der Waals surface area contributed by atoms with Crippen LogP contribution in [0.3, 0.4) is 0 Å². The summed E-state index contributed by atoms with van der Waals surface area (Å²) >= 11 is 0. The molecule has 2 heterocycles. The van der Waals surface area contributed by atoms with E-state index < -0.39 is 40.4 Å². The van der Waals surface area contributed by atoms with Crippen molar-refractivity contribution in [3.63, 3.8) is 0 Å². The zero-order chi connectivity index (χ0) is 13.6. The maximum Gasteiger partial charge on any atom is 0.207 e. The van der Waals surface area contributed by atoms with Crippen LogP contribution in [0.15, 0.2) is 0 Å². The van der Waals surface area contributed by atoms with Gasteiger partial charge >= 0.3 is 0 Å². The average Bonchev–Trinajstić information content (AvgIpc) is 2.44. The summed E-state index contributed by atoms with van der Waals surface area (Å²) < 4.78 is 63.9. The molecule has 7 heteroatoms. The Bertz CT molecular complexity index is 529. The SMILES string of the molecule is Fc1c(F)c(F)c2c(c1F)OCC1(CCCNC1)O2. The molecule has 0 amide bonds. The van der Waals surface area contributed by atoms with E-state index in [2.05, 4.69) is 5.32 Å². The van der Waals surface area contributed by atoms with Gasteiger partial charge in [0.15, 0.2) is 5.60 Å². The van der Waals surface area contributed by atoms with Crippen LogP contribution in [0.4, 0.5) is 17.6 Å². The molecule has 1 aromatic carbocycles. The minimum atomic E-state index is -1.89. The summed E-state index contributed by atoms with van der Waals surface area (Å²) in [5.74, 6) is -8.29. The second-order valence-electron chi connectivity index (χ2n) is 4.77. The van der Waals surface area contributed by atoms with Crippen LogP contribution in [0.5, 0.6) is 11.5 Å². The highest BCUT2D eigenvalue weighted by Gasteiger charge is 2.43. The molecule has 3 rings (SSSR count). The molecule has 1 aromatic rings. The van der Waals surface area contributed by atoms with Gasteiger partial charge in [0.1, 0.15) is 6.61 Å². The Hall–Kier alpha value is -1.50. The van der Waals surface area contributed by atoms with Gasteiger partial charge in [0.05, 0.1) is 0 Å². The van der Waals surface area contributed by atoms with Crippen LogP contribution in [-0.2, 0) is 0 Å². The van der Waals surface area contributed by atoms with Crippen molar-refractivity contribution in [3.8, 4) is 11.5 Å². The van der Waals surface area contributed by atoms with E-state index in [-0.39, 0.29) is 6.61 Å². The predicted octanol–water partition coefficient (Wildman–Crippen LogP) is 2.14. The fraction of sp³-hybridized carbons (Fsp3) is 0.500. The van der Waals surface area contributed by atoms with Crippen molar-refractivity contribution < 1.29 is 27.0 Å². The number of hydrogen-bond donors (Lipinski definition) is 1. The van der Waals surface area contributed by atoms with Crippen LogP contribution >= 0.6 is 0 Å². The van der Waals surface area contributed by atoms with E-state index in [9.17, 15) is 17.6 Å². The Morgan fingerprint density at radius 2 is 1.63 bits per heavy atom. The molecule has 1 atom stereocenters. The lowest BCUT2D eigenvalue weighted by Gasteiger charge is -2.41. The number of fused-ring (bicyclic) bond motifs is 1. The first-order valence-corrected chi connectivity index (χ1v) is 5.92. The van der Waals surface area contributed by atoms with Gasteiger partial charge in [-0.05, 0) is 19.4 Å². The van der Waals surface area contributed by atoms with Crippen LogP contribution in [0, 0.1) is 23.3 Å². The summed E-state index contributed by atoms with van der Waals surface area (Å²) in [6, 6.07) is 0. The normalized spacial score (nSPS) is 25.7. The fourth-order valence-corrected chi connectivity index (χ4v) is 2.41. The van der Waals surface area contributed by atoms with Crippen LogP contribution in [0.1, 0.15) is 12.8 Å². The molecule has 1 saturated heterocycles. The van der Waals surface area contributed by atoms with Gasteiger partial charge in [0.2, 0.25) is 34.8 Å². The molecule has 1 fully saturated rings. The van der Waals surface area contributed by atoms with Crippen LogP contribution in [0.2, 0.25) is 0 Å². The molecule has 1 spiro atoms. The summed E-state index contributed by atoms with van der Waals surface area (Å²) in [6.07, 6.45) is 1.34. The predicted molar refractivity (Wildman–Crippen MR) is 57.2 cm³/mol. The molecular formula is C12H11F4NO2. The lowest BCUT2D eigenvalue weighted by atomic mass is 9.94. The lowest BCUT2D eigenvalue weighted by Crippen LogP contribution is -2.55. The zero-order valence-corrected chi connectivity index (χ0v) is 9.86. The number of benzene rings is 1. The molecule has 0 aliphatic carbocycles. The number of halogens is 4. The summed E-state index contributed by atoms with van der Waals surface area (Å²) in [6.45, 7) is 1.13.